The van der Waals surface area contributed by atoms with Crippen LogP contribution in [0.25, 0.3) is 0 Å². The van der Waals surface area contributed by atoms with Crippen LogP contribution in [0.15, 0.2) is 18.2 Å². The van der Waals surface area contributed by atoms with Gasteiger partial charge in [-0.05, 0) is 45.1 Å². The Hall–Kier alpha value is -1.26. The van der Waals surface area contributed by atoms with E-state index in [0.29, 0.717) is 17.8 Å². The van der Waals surface area contributed by atoms with E-state index in [1.807, 2.05) is 12.1 Å². The molecule has 1 N–H and O–H groups in total. The van der Waals surface area contributed by atoms with E-state index >= 15 is 0 Å². The van der Waals surface area contributed by atoms with Crippen LogP contribution >= 0.6 is 0 Å². The van der Waals surface area contributed by atoms with Gasteiger partial charge in [0.25, 0.3) is 0 Å². The number of hydrogen-bond acceptors (Lipinski definition) is 4. The van der Waals surface area contributed by atoms with Crippen molar-refractivity contribution in [2.75, 3.05) is 34.3 Å². The summed E-state index contributed by atoms with van der Waals surface area (Å²) in [5.74, 6) is 0.749. The molecule has 2 rings (SSSR count). The third-order valence-electron chi connectivity index (χ3n) is 4.16. The van der Waals surface area contributed by atoms with Crippen molar-refractivity contribution < 1.29 is 9.84 Å². The molecule has 0 bridgehead atoms. The zero-order chi connectivity index (χ0) is 14.0. The maximum atomic E-state index is 9.65. The number of aromatic hydroxyl groups is 1. The van der Waals surface area contributed by atoms with Crippen LogP contribution in [0.2, 0.25) is 0 Å². The van der Waals surface area contributed by atoms with Gasteiger partial charge in [0.1, 0.15) is 0 Å². The molecule has 1 aromatic rings. The number of likely N-dealkylation sites (N-methyl/N-ethyl adjacent to an activating group) is 1. The lowest BCUT2D eigenvalue weighted by Crippen LogP contribution is -2.32. The third kappa shape index (κ3) is 3.01. The van der Waals surface area contributed by atoms with Gasteiger partial charge in [-0.1, -0.05) is 6.07 Å². The summed E-state index contributed by atoms with van der Waals surface area (Å²) in [6.45, 7) is 4.43. The van der Waals surface area contributed by atoms with Crippen molar-refractivity contribution in [3.63, 3.8) is 0 Å². The van der Waals surface area contributed by atoms with Crippen LogP contribution in [0.4, 0.5) is 0 Å². The number of likely N-dealkylation sites (tertiary alicyclic amines) is 1. The summed E-state index contributed by atoms with van der Waals surface area (Å²) >= 11 is 0. The van der Waals surface area contributed by atoms with Crippen molar-refractivity contribution in [1.82, 2.24) is 9.80 Å². The Balaban J connectivity index is 2.10. The molecule has 2 unspecified atom stereocenters. The number of methoxy groups -OCH3 is 1. The van der Waals surface area contributed by atoms with Gasteiger partial charge in [-0.3, -0.25) is 4.90 Å². The Morgan fingerprint density at radius 1 is 1.42 bits per heavy atom. The molecule has 4 heteroatoms. The molecule has 1 aromatic carbocycles. The molecule has 1 aliphatic heterocycles. The maximum absolute atomic E-state index is 9.65. The lowest BCUT2D eigenvalue weighted by Gasteiger charge is -2.26. The first-order chi connectivity index (χ1) is 9.02. The Morgan fingerprint density at radius 3 is 2.74 bits per heavy atom. The average molecular weight is 264 g/mol. The summed E-state index contributed by atoms with van der Waals surface area (Å²) in [7, 11) is 5.87. The summed E-state index contributed by atoms with van der Waals surface area (Å²) < 4.78 is 5.18. The molecule has 1 heterocycles. The van der Waals surface area contributed by atoms with E-state index in [0.717, 1.165) is 13.1 Å². The quantitative estimate of drug-likeness (QED) is 0.903. The highest BCUT2D eigenvalue weighted by Gasteiger charge is 2.28. The second kappa shape index (κ2) is 5.80. The van der Waals surface area contributed by atoms with Crippen LogP contribution in [0.5, 0.6) is 11.5 Å². The van der Waals surface area contributed by atoms with Gasteiger partial charge in [-0.25, -0.2) is 0 Å². The number of rotatable bonds is 4. The van der Waals surface area contributed by atoms with Crippen LogP contribution in [-0.2, 0) is 0 Å². The molecule has 2 atom stereocenters. The van der Waals surface area contributed by atoms with Crippen molar-refractivity contribution >= 4 is 0 Å². The fourth-order valence-corrected chi connectivity index (χ4v) is 2.71. The predicted molar refractivity (Wildman–Crippen MR) is 76.7 cm³/mol. The summed E-state index contributed by atoms with van der Waals surface area (Å²) in [5, 5.41) is 9.65. The first-order valence-electron chi connectivity index (χ1n) is 6.80. The van der Waals surface area contributed by atoms with Crippen LogP contribution < -0.4 is 4.74 Å². The van der Waals surface area contributed by atoms with Crippen molar-refractivity contribution in [3.05, 3.63) is 23.8 Å². The summed E-state index contributed by atoms with van der Waals surface area (Å²) in [6, 6.07) is 6.61. The first kappa shape index (κ1) is 14.2. The van der Waals surface area contributed by atoms with Crippen molar-refractivity contribution in [2.24, 2.45) is 0 Å². The predicted octanol–water partition coefficient (Wildman–Crippen LogP) is 2.10. The highest BCUT2D eigenvalue weighted by molar-refractivity contribution is 5.42. The molecule has 0 saturated carbocycles. The highest BCUT2D eigenvalue weighted by Crippen LogP contribution is 2.32. The Kier molecular flexibility index (Phi) is 4.32. The summed E-state index contributed by atoms with van der Waals surface area (Å²) in [4.78, 5) is 4.78. The lowest BCUT2D eigenvalue weighted by atomic mass is 10.1. The molecule has 1 saturated heterocycles. The van der Waals surface area contributed by atoms with Crippen LogP contribution in [0, 0.1) is 0 Å². The first-order valence-corrected chi connectivity index (χ1v) is 6.80. The van der Waals surface area contributed by atoms with E-state index in [2.05, 4.69) is 30.8 Å². The monoisotopic (exact) mass is 264 g/mol. The molecule has 106 valence electrons. The minimum absolute atomic E-state index is 0.200. The topological polar surface area (TPSA) is 35.9 Å². The Bertz CT molecular complexity index is 434. The number of nitrogens with zero attached hydrogens (tertiary/aromatic N) is 2. The van der Waals surface area contributed by atoms with Gasteiger partial charge in [-0.15, -0.1) is 0 Å². The number of phenolic OH excluding ortho intramolecular Hbond substituents is 1. The van der Waals surface area contributed by atoms with Crippen LogP contribution in [0.3, 0.4) is 0 Å². The van der Waals surface area contributed by atoms with Crippen molar-refractivity contribution in [3.8, 4) is 11.5 Å². The number of ether oxygens (including phenoxy) is 1. The zero-order valence-corrected chi connectivity index (χ0v) is 12.3. The minimum Gasteiger partial charge on any atom is -0.504 e. The molecule has 1 fully saturated rings. The normalized spacial score (nSPS) is 21.8. The highest BCUT2D eigenvalue weighted by atomic mass is 16.5. The van der Waals surface area contributed by atoms with E-state index in [-0.39, 0.29) is 5.75 Å². The summed E-state index contributed by atoms with van der Waals surface area (Å²) in [5.41, 5.74) is 1.19. The van der Waals surface area contributed by atoms with Gasteiger partial charge in [0, 0.05) is 25.2 Å². The molecule has 0 aliphatic carbocycles. The largest absolute Gasteiger partial charge is 0.504 e. The molecular weight excluding hydrogens is 240 g/mol. The van der Waals surface area contributed by atoms with Crippen molar-refractivity contribution in [1.29, 1.82) is 0 Å². The van der Waals surface area contributed by atoms with Gasteiger partial charge in [0.2, 0.25) is 0 Å². The van der Waals surface area contributed by atoms with E-state index in [9.17, 15) is 5.11 Å². The molecule has 0 aromatic heterocycles. The zero-order valence-electron chi connectivity index (χ0n) is 12.3. The van der Waals surface area contributed by atoms with E-state index < -0.39 is 0 Å². The SMILES string of the molecule is COc1cc(C(C)N2CCC(N(C)C)C2)ccc1O. The van der Waals surface area contributed by atoms with E-state index in [1.54, 1.807) is 13.2 Å². The molecule has 0 amide bonds. The molecule has 0 spiro atoms. The lowest BCUT2D eigenvalue weighted by molar-refractivity contribution is 0.228. The standard InChI is InChI=1S/C15H24N2O2/c1-11(17-8-7-13(10-17)16(2)3)12-5-6-14(18)15(9-12)19-4/h5-6,9,11,13,18H,7-8,10H2,1-4H3. The average Bonchev–Trinajstić information content (AvgIpc) is 2.88. The van der Waals surface area contributed by atoms with E-state index in [4.69, 9.17) is 4.74 Å². The molecule has 19 heavy (non-hydrogen) atoms. The fourth-order valence-electron chi connectivity index (χ4n) is 2.71. The van der Waals surface area contributed by atoms with Gasteiger partial charge >= 0.3 is 0 Å². The van der Waals surface area contributed by atoms with Gasteiger partial charge in [-0.2, -0.15) is 0 Å². The fraction of sp³-hybridized carbons (Fsp3) is 0.600. The summed E-state index contributed by atoms with van der Waals surface area (Å²) in [6.07, 6.45) is 1.21. The Morgan fingerprint density at radius 2 is 2.16 bits per heavy atom. The molecule has 0 radical (unpaired) electrons. The van der Waals surface area contributed by atoms with Gasteiger partial charge in [0.05, 0.1) is 7.11 Å². The van der Waals surface area contributed by atoms with Crippen LogP contribution in [-0.4, -0.2) is 55.2 Å². The Labute approximate surface area is 115 Å². The van der Waals surface area contributed by atoms with Gasteiger partial charge in [0.15, 0.2) is 11.5 Å². The molecular formula is C15H24N2O2. The third-order valence-corrected chi connectivity index (χ3v) is 4.16. The van der Waals surface area contributed by atoms with Crippen molar-refractivity contribution in [2.45, 2.75) is 25.4 Å². The molecule has 1 aliphatic rings. The number of phenols is 1. The molecule has 4 nitrogen and oxygen atoms in total. The van der Waals surface area contributed by atoms with E-state index in [1.165, 1.54) is 12.0 Å². The van der Waals surface area contributed by atoms with Crippen LogP contribution in [0.1, 0.15) is 24.9 Å². The van der Waals surface area contributed by atoms with Gasteiger partial charge < -0.3 is 14.7 Å². The number of benzene rings is 1. The smallest absolute Gasteiger partial charge is 0.160 e. The second-order valence-corrected chi connectivity index (χ2v) is 5.51. The maximum Gasteiger partial charge on any atom is 0.160 e. The number of hydrogen-bond donors (Lipinski definition) is 1. The second-order valence-electron chi connectivity index (χ2n) is 5.51. The minimum atomic E-state index is 0.200.